The normalized spacial score (nSPS) is 19.1. The van der Waals surface area contributed by atoms with Crippen LogP contribution in [0.3, 0.4) is 0 Å². The third kappa shape index (κ3) is 3.50. The fourth-order valence-corrected chi connectivity index (χ4v) is 4.44. The molecule has 0 unspecified atom stereocenters. The van der Waals surface area contributed by atoms with Crippen molar-refractivity contribution < 1.29 is 19.0 Å². The molecule has 0 amide bonds. The highest BCUT2D eigenvalue weighted by Crippen LogP contribution is 2.37. The van der Waals surface area contributed by atoms with E-state index < -0.39 is 11.8 Å². The van der Waals surface area contributed by atoms with Crippen molar-refractivity contribution in [1.82, 2.24) is 9.97 Å². The van der Waals surface area contributed by atoms with Crippen LogP contribution < -0.4 is 15.8 Å². The number of aromatic carboxylic acids is 1. The number of carboxylic acid groups (broad SMARTS) is 1. The number of carboxylic acids is 1. The number of hydrogen-bond donors (Lipinski definition) is 3. The monoisotopic (exact) mass is 402 g/mol. The number of ether oxygens (including phenoxy) is 1. The summed E-state index contributed by atoms with van der Waals surface area (Å²) in [5.41, 5.74) is 7.07. The molecule has 0 saturated heterocycles. The highest BCUT2D eigenvalue weighted by Gasteiger charge is 2.25. The highest BCUT2D eigenvalue weighted by molar-refractivity contribution is 7.20. The van der Waals surface area contributed by atoms with Crippen LogP contribution in [-0.2, 0) is 0 Å². The van der Waals surface area contributed by atoms with Gasteiger partial charge >= 0.3 is 5.97 Å². The number of aryl methyl sites for hydroxylation is 1. The fraction of sp³-hybridized carbons (Fsp3) is 0.316. The summed E-state index contributed by atoms with van der Waals surface area (Å²) < 4.78 is 19.8. The summed E-state index contributed by atoms with van der Waals surface area (Å²) in [7, 11) is 0. The van der Waals surface area contributed by atoms with Gasteiger partial charge < -0.3 is 20.9 Å². The van der Waals surface area contributed by atoms with Crippen molar-refractivity contribution in [3.05, 3.63) is 40.8 Å². The van der Waals surface area contributed by atoms with Crippen LogP contribution in [0.5, 0.6) is 5.75 Å². The predicted molar refractivity (Wildman–Crippen MR) is 105 cm³/mol. The minimum absolute atomic E-state index is 0.0655. The van der Waals surface area contributed by atoms with Crippen molar-refractivity contribution in [3.63, 3.8) is 0 Å². The molecule has 1 fully saturated rings. The number of carbonyl (C=O) groups is 1. The number of rotatable bonds is 5. The maximum Gasteiger partial charge on any atom is 0.346 e. The van der Waals surface area contributed by atoms with Crippen molar-refractivity contribution in [2.45, 2.75) is 38.3 Å². The van der Waals surface area contributed by atoms with Crippen LogP contribution in [0, 0.1) is 12.7 Å². The Hall–Kier alpha value is -2.78. The van der Waals surface area contributed by atoms with E-state index in [4.69, 9.17) is 10.5 Å². The van der Waals surface area contributed by atoms with E-state index in [0.29, 0.717) is 33.0 Å². The number of benzene rings is 1. The number of nitrogens with one attached hydrogen (secondary N) is 1. The van der Waals surface area contributed by atoms with Crippen LogP contribution in [-0.4, -0.2) is 33.2 Å². The molecule has 2 aromatic heterocycles. The van der Waals surface area contributed by atoms with Gasteiger partial charge in [-0.1, -0.05) is 0 Å². The first-order chi connectivity index (χ1) is 13.4. The molecule has 28 heavy (non-hydrogen) atoms. The topological polar surface area (TPSA) is 110 Å². The number of hydrogen-bond acceptors (Lipinski definition) is 7. The Kier molecular flexibility index (Phi) is 4.86. The molecule has 1 aliphatic carbocycles. The molecule has 146 valence electrons. The first kappa shape index (κ1) is 18.6. The number of nitrogens with zero attached hydrogens (tertiary/aromatic N) is 2. The number of nitrogens with two attached hydrogens (primary N) is 1. The quantitative estimate of drug-likeness (QED) is 0.595. The summed E-state index contributed by atoms with van der Waals surface area (Å²) in [4.78, 5) is 20.7. The summed E-state index contributed by atoms with van der Waals surface area (Å²) in [6.07, 6.45) is 3.72. The van der Waals surface area contributed by atoms with Crippen LogP contribution in [0.2, 0.25) is 0 Å². The van der Waals surface area contributed by atoms with E-state index in [1.807, 2.05) is 0 Å². The molecule has 4 rings (SSSR count). The Morgan fingerprint density at radius 1 is 1.39 bits per heavy atom. The summed E-state index contributed by atoms with van der Waals surface area (Å²) >= 11 is 1.09. The lowest BCUT2D eigenvalue weighted by Crippen LogP contribution is -2.19. The number of anilines is 2. The Bertz CT molecular complexity index is 1060. The van der Waals surface area contributed by atoms with E-state index in [2.05, 4.69) is 15.3 Å². The van der Waals surface area contributed by atoms with E-state index >= 15 is 0 Å². The summed E-state index contributed by atoms with van der Waals surface area (Å²) in [5, 5.41) is 13.2. The maximum atomic E-state index is 13.8. The lowest BCUT2D eigenvalue weighted by Gasteiger charge is -2.18. The van der Waals surface area contributed by atoms with Gasteiger partial charge in [-0.05, 0) is 43.9 Å². The van der Waals surface area contributed by atoms with Gasteiger partial charge in [0.2, 0.25) is 0 Å². The van der Waals surface area contributed by atoms with Gasteiger partial charge in [0.05, 0.1) is 11.1 Å². The van der Waals surface area contributed by atoms with Gasteiger partial charge in [-0.15, -0.1) is 11.3 Å². The average Bonchev–Trinajstić information content (AvgIpc) is 3.21. The molecule has 0 radical (unpaired) electrons. The van der Waals surface area contributed by atoms with Gasteiger partial charge in [0.25, 0.3) is 0 Å². The molecule has 0 bridgehead atoms. The molecular formula is C19H19FN4O3S. The number of halogens is 1. The predicted octanol–water partition coefficient (Wildman–Crippen LogP) is 3.84. The molecule has 2 heterocycles. The van der Waals surface area contributed by atoms with Crippen LogP contribution in [0.15, 0.2) is 24.5 Å². The Balaban J connectivity index is 1.70. The molecule has 9 heteroatoms. The second-order valence-corrected chi connectivity index (χ2v) is 7.84. The molecular weight excluding hydrogens is 383 g/mol. The molecule has 1 aliphatic rings. The molecule has 1 aromatic carbocycles. The van der Waals surface area contributed by atoms with Crippen LogP contribution in [0.25, 0.3) is 10.2 Å². The SMILES string of the molecule is Cc1c(C(=O)O)sc2ncnc(Nc3ccc(F)cc3O[C@H]3CC[C@H](N)C3)c12. The molecule has 3 aromatic rings. The van der Waals surface area contributed by atoms with Crippen molar-refractivity contribution in [3.8, 4) is 5.75 Å². The van der Waals surface area contributed by atoms with Gasteiger partial charge in [-0.3, -0.25) is 0 Å². The van der Waals surface area contributed by atoms with E-state index in [1.54, 1.807) is 13.0 Å². The largest absolute Gasteiger partial charge is 0.488 e. The summed E-state index contributed by atoms with van der Waals surface area (Å²) in [5.74, 6) is -0.589. The molecule has 2 atom stereocenters. The first-order valence-electron chi connectivity index (χ1n) is 8.88. The van der Waals surface area contributed by atoms with Crippen molar-refractivity contribution in [2.24, 2.45) is 5.73 Å². The third-order valence-corrected chi connectivity index (χ3v) is 6.02. The summed E-state index contributed by atoms with van der Waals surface area (Å²) in [6, 6.07) is 4.33. The van der Waals surface area contributed by atoms with Gasteiger partial charge in [0.15, 0.2) is 0 Å². The molecule has 0 spiro atoms. The van der Waals surface area contributed by atoms with Crippen molar-refractivity contribution >= 4 is 39.0 Å². The van der Waals surface area contributed by atoms with Crippen LogP contribution in [0.4, 0.5) is 15.9 Å². The van der Waals surface area contributed by atoms with E-state index in [-0.39, 0.29) is 17.0 Å². The van der Waals surface area contributed by atoms with Gasteiger partial charge in [-0.25, -0.2) is 19.2 Å². The zero-order chi connectivity index (χ0) is 19.8. The van der Waals surface area contributed by atoms with Crippen molar-refractivity contribution in [2.75, 3.05) is 5.32 Å². The van der Waals surface area contributed by atoms with Gasteiger partial charge in [0, 0.05) is 12.1 Å². The zero-order valence-electron chi connectivity index (χ0n) is 15.1. The molecule has 0 aliphatic heterocycles. The van der Waals surface area contributed by atoms with Gasteiger partial charge in [0.1, 0.15) is 39.5 Å². The lowest BCUT2D eigenvalue weighted by molar-refractivity contribution is 0.0701. The first-order valence-corrected chi connectivity index (χ1v) is 9.70. The Labute approximate surface area is 164 Å². The van der Waals surface area contributed by atoms with Gasteiger partial charge in [-0.2, -0.15) is 0 Å². The molecule has 1 saturated carbocycles. The van der Waals surface area contributed by atoms with E-state index in [0.717, 1.165) is 30.6 Å². The average molecular weight is 402 g/mol. The van der Waals surface area contributed by atoms with Crippen LogP contribution in [0.1, 0.15) is 34.5 Å². The molecule has 7 nitrogen and oxygen atoms in total. The Morgan fingerprint density at radius 3 is 2.93 bits per heavy atom. The third-order valence-electron chi connectivity index (χ3n) is 4.84. The summed E-state index contributed by atoms with van der Waals surface area (Å²) in [6.45, 7) is 1.72. The number of thiophene rings is 1. The maximum absolute atomic E-state index is 13.8. The Morgan fingerprint density at radius 2 is 2.21 bits per heavy atom. The number of aromatic nitrogens is 2. The smallest absolute Gasteiger partial charge is 0.346 e. The highest BCUT2D eigenvalue weighted by atomic mass is 32.1. The lowest BCUT2D eigenvalue weighted by atomic mass is 10.2. The second-order valence-electron chi connectivity index (χ2n) is 6.84. The van der Waals surface area contributed by atoms with E-state index in [9.17, 15) is 14.3 Å². The van der Waals surface area contributed by atoms with Crippen molar-refractivity contribution in [1.29, 1.82) is 0 Å². The number of fused-ring (bicyclic) bond motifs is 1. The second kappa shape index (κ2) is 7.33. The standard InChI is InChI=1S/C19H19FN4O3S/c1-9-15-17(22-8-23-18(15)28-16(9)19(25)26)24-13-5-2-10(20)6-14(13)27-12-4-3-11(21)7-12/h2,5-6,8,11-12H,3-4,7,21H2,1H3,(H,25,26)(H,22,23,24)/t11-,12-/m0/s1. The van der Waals surface area contributed by atoms with Crippen LogP contribution >= 0.6 is 11.3 Å². The minimum atomic E-state index is -1.00. The molecule has 4 N–H and O–H groups in total. The van der Waals surface area contributed by atoms with E-state index in [1.165, 1.54) is 18.5 Å². The minimum Gasteiger partial charge on any atom is -0.488 e. The zero-order valence-corrected chi connectivity index (χ0v) is 15.9. The fourth-order valence-electron chi connectivity index (χ4n) is 3.45.